The molecule has 0 spiro atoms. The number of nitrogens with two attached hydrogens (primary N) is 1. The molecule has 1 aliphatic heterocycles. The number of amides is 1. The third-order valence-corrected chi connectivity index (χ3v) is 4.83. The monoisotopic (exact) mass is 343 g/mol. The smallest absolute Gasteiger partial charge is 0.257 e. The van der Waals surface area contributed by atoms with E-state index in [-0.39, 0.29) is 5.91 Å². The van der Waals surface area contributed by atoms with Gasteiger partial charge in [-0.2, -0.15) is 0 Å². The van der Waals surface area contributed by atoms with Gasteiger partial charge in [0.25, 0.3) is 5.91 Å². The summed E-state index contributed by atoms with van der Waals surface area (Å²) < 4.78 is 0. The Labute approximate surface area is 147 Å². The lowest BCUT2D eigenvalue weighted by Gasteiger charge is -2.36. The molecular weight excluding hydrogens is 322 g/mol. The molecule has 1 amide bonds. The zero-order valence-electron chi connectivity index (χ0n) is 13.8. The predicted molar refractivity (Wildman–Crippen MR) is 101 cm³/mol. The molecule has 24 heavy (non-hydrogen) atoms. The summed E-state index contributed by atoms with van der Waals surface area (Å²) in [7, 11) is 0. The number of nitrogens with one attached hydrogen (secondary N) is 1. The highest BCUT2D eigenvalue weighted by Gasteiger charge is 2.22. The van der Waals surface area contributed by atoms with E-state index >= 15 is 0 Å². The number of hydrogen-bond acceptors (Lipinski definition) is 3. The van der Waals surface area contributed by atoms with Crippen LogP contribution in [0.15, 0.2) is 42.5 Å². The van der Waals surface area contributed by atoms with Gasteiger partial charge >= 0.3 is 0 Å². The third-order valence-electron chi connectivity index (χ3n) is 4.50. The molecule has 0 bridgehead atoms. The molecule has 0 saturated carbocycles. The van der Waals surface area contributed by atoms with Crippen molar-refractivity contribution >= 4 is 34.6 Å². The van der Waals surface area contributed by atoms with Crippen LogP contribution in [0.2, 0.25) is 5.02 Å². The summed E-state index contributed by atoms with van der Waals surface area (Å²) in [5.41, 5.74) is 8.76. The highest BCUT2D eigenvalue weighted by atomic mass is 35.5. The summed E-state index contributed by atoms with van der Waals surface area (Å²) in [5, 5.41) is 3.42. The molecular formula is C19H22ClN3O. The van der Waals surface area contributed by atoms with E-state index in [1.165, 1.54) is 6.42 Å². The summed E-state index contributed by atoms with van der Waals surface area (Å²) in [6.45, 7) is 3.20. The van der Waals surface area contributed by atoms with Crippen LogP contribution in [0.3, 0.4) is 0 Å². The number of nitrogen functional groups attached to an aromatic ring is 1. The van der Waals surface area contributed by atoms with E-state index in [4.69, 9.17) is 17.3 Å². The second-order valence-corrected chi connectivity index (χ2v) is 6.66. The van der Waals surface area contributed by atoms with Crippen molar-refractivity contribution in [1.82, 2.24) is 0 Å². The lowest BCUT2D eigenvalue weighted by molar-refractivity contribution is 0.102. The molecule has 1 unspecified atom stereocenters. The number of anilines is 3. The van der Waals surface area contributed by atoms with Crippen molar-refractivity contribution in [2.45, 2.75) is 32.2 Å². The van der Waals surface area contributed by atoms with E-state index in [1.807, 2.05) is 18.2 Å². The summed E-state index contributed by atoms with van der Waals surface area (Å²) in [6, 6.07) is 13.1. The molecule has 3 rings (SSSR count). The number of hydrogen-bond donors (Lipinski definition) is 2. The fraction of sp³-hybridized carbons (Fsp3) is 0.316. The Hall–Kier alpha value is -2.20. The number of carbonyl (C=O) groups excluding carboxylic acids is 1. The van der Waals surface area contributed by atoms with Gasteiger partial charge in [0.15, 0.2) is 0 Å². The second-order valence-electron chi connectivity index (χ2n) is 6.25. The van der Waals surface area contributed by atoms with Gasteiger partial charge in [0.2, 0.25) is 0 Å². The van der Waals surface area contributed by atoms with Gasteiger partial charge in [0.05, 0.1) is 22.0 Å². The lowest BCUT2D eigenvalue weighted by Crippen LogP contribution is -2.38. The minimum absolute atomic E-state index is 0.225. The summed E-state index contributed by atoms with van der Waals surface area (Å²) >= 11 is 6.13. The van der Waals surface area contributed by atoms with Crippen molar-refractivity contribution in [2.24, 2.45) is 0 Å². The topological polar surface area (TPSA) is 58.4 Å². The summed E-state index contributed by atoms with van der Waals surface area (Å²) in [5.74, 6) is -0.225. The zero-order chi connectivity index (χ0) is 17.1. The van der Waals surface area contributed by atoms with E-state index in [0.717, 1.165) is 30.8 Å². The Morgan fingerprint density at radius 3 is 2.79 bits per heavy atom. The molecule has 3 N–H and O–H groups in total. The molecule has 1 saturated heterocycles. The van der Waals surface area contributed by atoms with Crippen LogP contribution in [0.4, 0.5) is 17.1 Å². The van der Waals surface area contributed by atoms with Gasteiger partial charge in [-0.05, 0) is 56.5 Å². The second kappa shape index (κ2) is 7.14. The molecule has 0 aliphatic carbocycles. The van der Waals surface area contributed by atoms with Gasteiger partial charge < -0.3 is 16.0 Å². The van der Waals surface area contributed by atoms with Crippen LogP contribution in [0, 0.1) is 0 Å². The van der Waals surface area contributed by atoms with Crippen LogP contribution < -0.4 is 16.0 Å². The summed E-state index contributed by atoms with van der Waals surface area (Å²) in [4.78, 5) is 14.9. The quantitative estimate of drug-likeness (QED) is 0.803. The van der Waals surface area contributed by atoms with E-state index in [9.17, 15) is 4.79 Å². The van der Waals surface area contributed by atoms with Gasteiger partial charge in [0.1, 0.15) is 0 Å². The largest absolute Gasteiger partial charge is 0.399 e. The van der Waals surface area contributed by atoms with Crippen LogP contribution in [-0.2, 0) is 0 Å². The van der Waals surface area contributed by atoms with Crippen LogP contribution in [0.5, 0.6) is 0 Å². The number of nitrogens with zero attached hydrogens (tertiary/aromatic N) is 1. The molecule has 5 heteroatoms. The first kappa shape index (κ1) is 16.7. The average molecular weight is 344 g/mol. The number of halogens is 1. The number of carbonyl (C=O) groups is 1. The summed E-state index contributed by atoms with van der Waals surface area (Å²) in [6.07, 6.45) is 3.56. The van der Waals surface area contributed by atoms with Gasteiger partial charge in [-0.25, -0.2) is 0 Å². The van der Waals surface area contributed by atoms with E-state index in [1.54, 1.807) is 24.3 Å². The molecule has 1 atom stereocenters. The molecule has 2 aromatic rings. The van der Waals surface area contributed by atoms with E-state index < -0.39 is 0 Å². The first-order valence-corrected chi connectivity index (χ1v) is 8.66. The molecule has 1 aliphatic rings. The number of rotatable bonds is 3. The zero-order valence-corrected chi connectivity index (χ0v) is 14.5. The third kappa shape index (κ3) is 3.49. The minimum Gasteiger partial charge on any atom is -0.399 e. The Balaban J connectivity index is 1.91. The number of piperidine rings is 1. The van der Waals surface area contributed by atoms with Crippen molar-refractivity contribution < 1.29 is 4.79 Å². The minimum atomic E-state index is -0.225. The Morgan fingerprint density at radius 2 is 2.04 bits per heavy atom. The highest BCUT2D eigenvalue weighted by molar-refractivity contribution is 6.34. The fourth-order valence-electron chi connectivity index (χ4n) is 3.20. The average Bonchev–Trinajstić information content (AvgIpc) is 2.56. The van der Waals surface area contributed by atoms with Gasteiger partial charge in [0, 0.05) is 18.3 Å². The Morgan fingerprint density at radius 1 is 1.25 bits per heavy atom. The van der Waals surface area contributed by atoms with Crippen LogP contribution in [-0.4, -0.2) is 18.5 Å². The molecule has 0 aromatic heterocycles. The van der Waals surface area contributed by atoms with Crippen molar-refractivity contribution in [3.8, 4) is 0 Å². The fourth-order valence-corrected chi connectivity index (χ4v) is 3.42. The van der Waals surface area contributed by atoms with Crippen molar-refractivity contribution in [2.75, 3.05) is 22.5 Å². The molecule has 0 radical (unpaired) electrons. The normalized spacial score (nSPS) is 17.6. The van der Waals surface area contributed by atoms with Gasteiger partial charge in [-0.15, -0.1) is 0 Å². The number of benzene rings is 2. The first-order chi connectivity index (χ1) is 11.6. The van der Waals surface area contributed by atoms with Crippen molar-refractivity contribution in [1.29, 1.82) is 0 Å². The van der Waals surface area contributed by atoms with Gasteiger partial charge in [-0.1, -0.05) is 23.7 Å². The maximum Gasteiger partial charge on any atom is 0.257 e. The van der Waals surface area contributed by atoms with Crippen molar-refractivity contribution in [3.05, 3.63) is 53.1 Å². The predicted octanol–water partition coefficient (Wildman–Crippen LogP) is 4.55. The van der Waals surface area contributed by atoms with Crippen LogP contribution in [0.25, 0.3) is 0 Å². The maximum absolute atomic E-state index is 12.6. The standard InChI is InChI=1S/C19H22ClN3O/c1-13-6-4-5-11-23(13)18-10-9-14(21)12-17(18)22-19(24)15-7-2-3-8-16(15)20/h2-3,7-10,12-13H,4-6,11,21H2,1H3,(H,22,24). The Bertz CT molecular complexity index is 747. The van der Waals surface area contributed by atoms with Crippen LogP contribution >= 0.6 is 11.6 Å². The van der Waals surface area contributed by atoms with E-state index in [0.29, 0.717) is 22.3 Å². The van der Waals surface area contributed by atoms with Gasteiger partial charge in [-0.3, -0.25) is 4.79 Å². The SMILES string of the molecule is CC1CCCCN1c1ccc(N)cc1NC(=O)c1ccccc1Cl. The Kier molecular flexibility index (Phi) is 4.95. The molecule has 4 nitrogen and oxygen atoms in total. The molecule has 126 valence electrons. The molecule has 1 heterocycles. The van der Waals surface area contributed by atoms with Crippen molar-refractivity contribution in [3.63, 3.8) is 0 Å². The maximum atomic E-state index is 12.6. The van der Waals surface area contributed by atoms with Crippen LogP contribution in [0.1, 0.15) is 36.5 Å². The molecule has 1 fully saturated rings. The highest BCUT2D eigenvalue weighted by Crippen LogP contribution is 2.33. The lowest BCUT2D eigenvalue weighted by atomic mass is 10.0. The van der Waals surface area contributed by atoms with E-state index in [2.05, 4.69) is 17.1 Å². The first-order valence-electron chi connectivity index (χ1n) is 8.28. The molecule has 2 aromatic carbocycles.